The van der Waals surface area contributed by atoms with Crippen molar-refractivity contribution >= 4 is 39.8 Å². The Morgan fingerprint density at radius 1 is 1.24 bits per heavy atom. The number of rotatable bonds is 8. The van der Waals surface area contributed by atoms with Gasteiger partial charge in [0, 0.05) is 16.1 Å². The number of ether oxygens (including phenoxy) is 1. The molecule has 34 heavy (non-hydrogen) atoms. The van der Waals surface area contributed by atoms with Crippen molar-refractivity contribution in [3.05, 3.63) is 76.1 Å². The standard InChI is InChI=1S/C26H28ClN3O3S/c1-5-33-26(31)23-21(18-11-12-19(15-34(4)32)20(27)13-18)25-24(28-23)22(16(2)3)29-30(25)14-17-9-7-6-8-10-17/h6-13,16,28H,5,14-15H2,1-4H3. The molecular formula is C26H28ClN3O3S. The van der Waals surface area contributed by atoms with Gasteiger partial charge in [0.05, 0.1) is 36.1 Å². The number of nitrogens with one attached hydrogen (secondary N) is 1. The third-order valence-electron chi connectivity index (χ3n) is 5.62. The van der Waals surface area contributed by atoms with Crippen LogP contribution in [0.15, 0.2) is 48.5 Å². The van der Waals surface area contributed by atoms with E-state index in [0.29, 0.717) is 28.6 Å². The van der Waals surface area contributed by atoms with E-state index in [0.717, 1.165) is 33.4 Å². The summed E-state index contributed by atoms with van der Waals surface area (Å²) in [5.41, 5.74) is 6.29. The Morgan fingerprint density at radius 2 is 1.97 bits per heavy atom. The normalized spacial score (nSPS) is 12.4. The van der Waals surface area contributed by atoms with E-state index in [2.05, 4.69) is 31.0 Å². The molecule has 0 radical (unpaired) electrons. The Hall–Kier alpha value is -2.74. The zero-order valence-corrected chi connectivity index (χ0v) is 21.3. The van der Waals surface area contributed by atoms with Gasteiger partial charge in [-0.05, 0) is 30.0 Å². The second-order valence-corrected chi connectivity index (χ2v) is 10.4. The third kappa shape index (κ3) is 4.87. The lowest BCUT2D eigenvalue weighted by Crippen LogP contribution is -2.09. The third-order valence-corrected chi connectivity index (χ3v) is 6.69. The lowest BCUT2D eigenvalue weighted by molar-refractivity contribution is 0.0521. The highest BCUT2D eigenvalue weighted by Gasteiger charge is 2.27. The SMILES string of the molecule is CCOC(=O)c1[nH]c2c(C(C)C)nn(Cc3ccccc3)c2c1-c1ccc(C[S+](C)[O-])c(Cl)c1. The smallest absolute Gasteiger partial charge is 0.355 e. The van der Waals surface area contributed by atoms with Crippen LogP contribution in [0.25, 0.3) is 22.2 Å². The molecule has 0 fully saturated rings. The van der Waals surface area contributed by atoms with Gasteiger partial charge in [-0.25, -0.2) is 4.79 Å². The van der Waals surface area contributed by atoms with Gasteiger partial charge in [0.1, 0.15) is 11.4 Å². The largest absolute Gasteiger partial charge is 0.616 e. The molecule has 0 aliphatic carbocycles. The molecule has 178 valence electrons. The van der Waals surface area contributed by atoms with Crippen LogP contribution in [0, 0.1) is 0 Å². The molecule has 0 bridgehead atoms. The van der Waals surface area contributed by atoms with Crippen LogP contribution >= 0.6 is 11.6 Å². The zero-order chi connectivity index (χ0) is 24.4. The first-order chi connectivity index (χ1) is 16.3. The summed E-state index contributed by atoms with van der Waals surface area (Å²) in [4.78, 5) is 16.3. The lowest BCUT2D eigenvalue weighted by Gasteiger charge is -2.11. The molecule has 4 aromatic rings. The van der Waals surface area contributed by atoms with E-state index >= 15 is 0 Å². The van der Waals surface area contributed by atoms with Crippen LogP contribution in [-0.2, 0) is 28.2 Å². The number of hydrogen-bond acceptors (Lipinski definition) is 4. The Kier molecular flexibility index (Phi) is 7.36. The summed E-state index contributed by atoms with van der Waals surface area (Å²) in [6.45, 7) is 6.76. The van der Waals surface area contributed by atoms with Gasteiger partial charge in [0.15, 0.2) is 0 Å². The van der Waals surface area contributed by atoms with E-state index in [9.17, 15) is 9.35 Å². The zero-order valence-electron chi connectivity index (χ0n) is 19.7. The maximum atomic E-state index is 13.0. The van der Waals surface area contributed by atoms with Gasteiger partial charge in [-0.15, -0.1) is 0 Å². The fourth-order valence-electron chi connectivity index (χ4n) is 4.11. The summed E-state index contributed by atoms with van der Waals surface area (Å²) >= 11 is 5.56. The Labute approximate surface area is 207 Å². The summed E-state index contributed by atoms with van der Waals surface area (Å²) in [7, 11) is 0. The fourth-order valence-corrected chi connectivity index (χ4v) is 5.13. The van der Waals surface area contributed by atoms with Gasteiger partial charge in [-0.2, -0.15) is 5.10 Å². The van der Waals surface area contributed by atoms with E-state index in [1.165, 1.54) is 0 Å². The summed E-state index contributed by atoms with van der Waals surface area (Å²) in [6.07, 6.45) is 1.65. The van der Waals surface area contributed by atoms with Crippen LogP contribution < -0.4 is 0 Å². The predicted molar refractivity (Wildman–Crippen MR) is 138 cm³/mol. The molecule has 0 aliphatic rings. The number of esters is 1. The Bertz CT molecular complexity index is 1310. The topological polar surface area (TPSA) is 83.0 Å². The molecule has 2 heterocycles. The second kappa shape index (κ2) is 10.3. The number of halogens is 1. The number of nitrogens with zero attached hydrogens (tertiary/aromatic N) is 2. The number of H-pyrrole nitrogens is 1. The van der Waals surface area contributed by atoms with Crippen molar-refractivity contribution in [2.75, 3.05) is 12.9 Å². The summed E-state index contributed by atoms with van der Waals surface area (Å²) in [6, 6.07) is 15.7. The van der Waals surface area contributed by atoms with Gasteiger partial charge in [-0.1, -0.05) is 79.1 Å². The molecule has 1 unspecified atom stereocenters. The minimum absolute atomic E-state index is 0.145. The molecule has 0 amide bonds. The molecule has 2 aromatic heterocycles. The quantitative estimate of drug-likeness (QED) is 0.242. The summed E-state index contributed by atoms with van der Waals surface area (Å²) < 4.78 is 19.1. The summed E-state index contributed by atoms with van der Waals surface area (Å²) in [5.74, 6) is 0.0895. The van der Waals surface area contributed by atoms with Crippen molar-refractivity contribution in [3.8, 4) is 11.1 Å². The molecule has 4 rings (SSSR count). The van der Waals surface area contributed by atoms with Gasteiger partial charge < -0.3 is 14.3 Å². The molecule has 6 nitrogen and oxygen atoms in total. The van der Waals surface area contributed by atoms with Crippen molar-refractivity contribution in [1.29, 1.82) is 0 Å². The van der Waals surface area contributed by atoms with Gasteiger partial charge >= 0.3 is 5.97 Å². The number of carbonyl (C=O) groups is 1. The van der Waals surface area contributed by atoms with E-state index < -0.39 is 17.1 Å². The van der Waals surface area contributed by atoms with Crippen LogP contribution in [0.3, 0.4) is 0 Å². The first-order valence-electron chi connectivity index (χ1n) is 11.2. The van der Waals surface area contributed by atoms with E-state index in [4.69, 9.17) is 21.4 Å². The van der Waals surface area contributed by atoms with Gasteiger partial charge in [0.2, 0.25) is 0 Å². The maximum absolute atomic E-state index is 13.0. The number of carbonyl (C=O) groups excluding carboxylic acids is 1. The van der Waals surface area contributed by atoms with E-state index in [1.807, 2.05) is 41.1 Å². The van der Waals surface area contributed by atoms with Gasteiger partial charge in [0.25, 0.3) is 0 Å². The van der Waals surface area contributed by atoms with Crippen LogP contribution in [-0.4, -0.2) is 38.1 Å². The number of hydrogen-bond donors (Lipinski definition) is 1. The lowest BCUT2D eigenvalue weighted by atomic mass is 10.0. The van der Waals surface area contributed by atoms with Crippen molar-refractivity contribution in [3.63, 3.8) is 0 Å². The highest BCUT2D eigenvalue weighted by atomic mass is 35.5. The van der Waals surface area contributed by atoms with Crippen LogP contribution in [0.1, 0.15) is 54.0 Å². The molecule has 0 saturated carbocycles. The minimum atomic E-state index is -1.01. The van der Waals surface area contributed by atoms with Crippen molar-refractivity contribution in [2.24, 2.45) is 0 Å². The van der Waals surface area contributed by atoms with E-state index in [-0.39, 0.29) is 12.5 Å². The molecule has 0 saturated heterocycles. The second-order valence-electron chi connectivity index (χ2n) is 8.53. The maximum Gasteiger partial charge on any atom is 0.355 e. The van der Waals surface area contributed by atoms with E-state index in [1.54, 1.807) is 13.2 Å². The molecule has 2 aromatic carbocycles. The van der Waals surface area contributed by atoms with Crippen LogP contribution in [0.4, 0.5) is 0 Å². The molecule has 0 spiro atoms. The average Bonchev–Trinajstić information content (AvgIpc) is 3.34. The molecule has 1 atom stereocenters. The first-order valence-corrected chi connectivity index (χ1v) is 13.3. The number of aromatic nitrogens is 3. The molecule has 8 heteroatoms. The Balaban J connectivity index is 1.96. The van der Waals surface area contributed by atoms with Crippen molar-refractivity contribution < 1.29 is 14.1 Å². The predicted octanol–water partition coefficient (Wildman–Crippen LogP) is 5.91. The molecular weight excluding hydrogens is 470 g/mol. The molecule has 0 aliphatic heterocycles. The number of aromatic amines is 1. The number of benzene rings is 2. The highest BCUT2D eigenvalue weighted by molar-refractivity contribution is 7.89. The van der Waals surface area contributed by atoms with Crippen molar-refractivity contribution in [2.45, 2.75) is 39.0 Å². The average molecular weight is 498 g/mol. The van der Waals surface area contributed by atoms with Gasteiger partial charge in [-0.3, -0.25) is 4.68 Å². The van der Waals surface area contributed by atoms with Crippen LogP contribution in [0.2, 0.25) is 5.02 Å². The van der Waals surface area contributed by atoms with Crippen molar-refractivity contribution in [1.82, 2.24) is 14.8 Å². The molecule has 1 N–H and O–H groups in total. The monoisotopic (exact) mass is 497 g/mol. The van der Waals surface area contributed by atoms with Crippen LogP contribution in [0.5, 0.6) is 0 Å². The fraction of sp³-hybridized carbons (Fsp3) is 0.308. The highest BCUT2D eigenvalue weighted by Crippen LogP contribution is 2.38. The summed E-state index contributed by atoms with van der Waals surface area (Å²) in [5, 5.41) is 5.43. The number of fused-ring (bicyclic) bond motifs is 1. The Morgan fingerprint density at radius 3 is 2.59 bits per heavy atom. The first kappa shape index (κ1) is 24.4. The minimum Gasteiger partial charge on any atom is -0.616 e.